The van der Waals surface area contributed by atoms with Crippen molar-refractivity contribution in [3.63, 3.8) is 0 Å². The summed E-state index contributed by atoms with van der Waals surface area (Å²) in [4.78, 5) is 0. The zero-order valence-corrected chi connectivity index (χ0v) is 9.38. The molecule has 5 heteroatoms. The lowest BCUT2D eigenvalue weighted by Gasteiger charge is -2.07. The van der Waals surface area contributed by atoms with Gasteiger partial charge in [-0.15, -0.1) is 0 Å². The van der Waals surface area contributed by atoms with Crippen LogP contribution in [0.25, 0.3) is 0 Å². The van der Waals surface area contributed by atoms with Crippen LogP contribution in [-0.4, -0.2) is 9.78 Å². The summed E-state index contributed by atoms with van der Waals surface area (Å²) in [5.74, 6) is 1.06. The number of hydrogen-bond donors (Lipinski definition) is 0. The molecule has 0 bridgehead atoms. The van der Waals surface area contributed by atoms with Crippen molar-refractivity contribution >= 4 is 23.2 Å². The molecule has 0 fully saturated rings. The van der Waals surface area contributed by atoms with Crippen molar-refractivity contribution in [1.82, 2.24) is 9.78 Å². The van der Waals surface area contributed by atoms with Gasteiger partial charge in [0, 0.05) is 24.2 Å². The van der Waals surface area contributed by atoms with Crippen molar-refractivity contribution in [2.24, 2.45) is 7.05 Å². The van der Waals surface area contributed by atoms with E-state index in [2.05, 4.69) is 11.3 Å². The van der Waals surface area contributed by atoms with Gasteiger partial charge >= 0.3 is 0 Å². The Balaban J connectivity index is 2.32. The summed E-state index contributed by atoms with van der Waals surface area (Å²) in [5, 5.41) is 4.93. The summed E-state index contributed by atoms with van der Waals surface area (Å²) in [5.41, 5.74) is 0. The first-order valence-electron chi connectivity index (χ1n) is 4.20. The normalized spacial score (nSPS) is 10.3. The lowest BCUT2D eigenvalue weighted by molar-refractivity contribution is 0.431. The first-order valence-corrected chi connectivity index (χ1v) is 4.95. The van der Waals surface area contributed by atoms with Crippen molar-refractivity contribution in [2.45, 2.75) is 0 Å². The van der Waals surface area contributed by atoms with Crippen LogP contribution in [-0.2, 0) is 7.05 Å². The van der Waals surface area contributed by atoms with E-state index in [0.717, 1.165) is 0 Å². The monoisotopic (exact) mass is 241 g/mol. The number of hydrogen-bond acceptors (Lipinski definition) is 2. The van der Waals surface area contributed by atoms with Gasteiger partial charge in [0.15, 0.2) is 0 Å². The largest absolute Gasteiger partial charge is 0.438 e. The minimum atomic E-state index is 0.501. The fraction of sp³-hybridized carbons (Fsp3) is 0.100. The van der Waals surface area contributed by atoms with Crippen molar-refractivity contribution in [2.75, 3.05) is 0 Å². The lowest BCUT2D eigenvalue weighted by atomic mass is 10.3. The Morgan fingerprint density at radius 3 is 2.87 bits per heavy atom. The minimum Gasteiger partial charge on any atom is -0.438 e. The second-order valence-electron chi connectivity index (χ2n) is 2.91. The molecule has 2 rings (SSSR count). The molecular formula is C10H7Cl2N2O. The van der Waals surface area contributed by atoms with Gasteiger partial charge in [0.25, 0.3) is 0 Å². The fourth-order valence-electron chi connectivity index (χ4n) is 1.08. The summed E-state index contributed by atoms with van der Waals surface area (Å²) in [6.07, 6.45) is 2.66. The van der Waals surface area contributed by atoms with Gasteiger partial charge in [-0.2, -0.15) is 5.10 Å². The van der Waals surface area contributed by atoms with Crippen LogP contribution in [0.2, 0.25) is 10.0 Å². The molecule has 2 aromatic rings. The lowest BCUT2D eigenvalue weighted by Crippen LogP contribution is -1.95. The van der Waals surface area contributed by atoms with Crippen molar-refractivity contribution < 1.29 is 4.74 Å². The molecular weight excluding hydrogens is 235 g/mol. The van der Waals surface area contributed by atoms with Crippen LogP contribution in [0.1, 0.15) is 0 Å². The van der Waals surface area contributed by atoms with Gasteiger partial charge in [0.05, 0.1) is 5.02 Å². The maximum Gasteiger partial charge on any atom is 0.218 e. The number of rotatable bonds is 2. The smallest absolute Gasteiger partial charge is 0.218 e. The van der Waals surface area contributed by atoms with Gasteiger partial charge in [0.2, 0.25) is 5.88 Å². The third kappa shape index (κ3) is 2.25. The highest BCUT2D eigenvalue weighted by atomic mass is 35.5. The highest BCUT2D eigenvalue weighted by Crippen LogP contribution is 2.31. The highest BCUT2D eigenvalue weighted by molar-refractivity contribution is 6.34. The summed E-state index contributed by atoms with van der Waals surface area (Å²) in [6, 6.07) is 6.65. The molecule has 0 aliphatic rings. The Morgan fingerprint density at radius 2 is 2.20 bits per heavy atom. The second-order valence-corrected chi connectivity index (χ2v) is 3.76. The van der Waals surface area contributed by atoms with E-state index in [-0.39, 0.29) is 0 Å². The quantitative estimate of drug-likeness (QED) is 0.807. The number of halogens is 2. The first kappa shape index (κ1) is 10.3. The number of benzene rings is 1. The number of aromatic nitrogens is 2. The van der Waals surface area contributed by atoms with Crippen molar-refractivity contribution in [3.05, 3.63) is 40.5 Å². The van der Waals surface area contributed by atoms with Gasteiger partial charge in [-0.05, 0) is 12.1 Å². The van der Waals surface area contributed by atoms with Crippen LogP contribution in [0, 0.1) is 6.20 Å². The van der Waals surface area contributed by atoms with E-state index < -0.39 is 0 Å². The Labute approximate surface area is 97.2 Å². The van der Waals surface area contributed by atoms with Gasteiger partial charge in [-0.1, -0.05) is 23.2 Å². The summed E-state index contributed by atoms with van der Waals surface area (Å²) in [6.45, 7) is 0. The molecule has 3 nitrogen and oxygen atoms in total. The molecule has 0 aliphatic carbocycles. The number of aryl methyl sites for hydroxylation is 1. The van der Waals surface area contributed by atoms with E-state index in [1.165, 1.54) is 0 Å². The molecule has 0 atom stereocenters. The van der Waals surface area contributed by atoms with Crippen molar-refractivity contribution in [1.29, 1.82) is 0 Å². The van der Waals surface area contributed by atoms with Crippen LogP contribution in [0.15, 0.2) is 24.3 Å². The summed E-state index contributed by atoms with van der Waals surface area (Å²) < 4.78 is 7.07. The molecule has 0 saturated carbocycles. The maximum absolute atomic E-state index is 5.94. The average molecular weight is 242 g/mol. The zero-order chi connectivity index (χ0) is 10.8. The molecule has 0 saturated heterocycles. The van der Waals surface area contributed by atoms with E-state index in [9.17, 15) is 0 Å². The molecule has 1 radical (unpaired) electrons. The highest BCUT2D eigenvalue weighted by Gasteiger charge is 2.06. The van der Waals surface area contributed by atoms with Gasteiger partial charge in [0.1, 0.15) is 11.9 Å². The Hall–Kier alpha value is -1.19. The fourth-order valence-corrected chi connectivity index (χ4v) is 1.40. The molecule has 0 N–H and O–H groups in total. The van der Waals surface area contributed by atoms with E-state index in [1.54, 1.807) is 36.0 Å². The molecule has 0 aliphatic heterocycles. The third-order valence-electron chi connectivity index (χ3n) is 1.82. The molecule has 0 unspecified atom stereocenters. The SMILES string of the molecule is Cn1n[c]cc1Oc1cc(Cl)ccc1Cl. The van der Waals surface area contributed by atoms with Crippen LogP contribution in [0.3, 0.4) is 0 Å². The molecule has 15 heavy (non-hydrogen) atoms. The molecule has 0 amide bonds. The van der Waals surface area contributed by atoms with E-state index in [1.807, 2.05) is 0 Å². The minimum absolute atomic E-state index is 0.501. The van der Waals surface area contributed by atoms with Crippen LogP contribution in [0.5, 0.6) is 11.6 Å². The Kier molecular flexibility index (Phi) is 2.84. The molecule has 0 spiro atoms. The summed E-state index contributed by atoms with van der Waals surface area (Å²) >= 11 is 11.8. The molecule has 77 valence electrons. The van der Waals surface area contributed by atoms with Crippen LogP contribution >= 0.6 is 23.2 Å². The van der Waals surface area contributed by atoms with Gasteiger partial charge < -0.3 is 4.74 Å². The second kappa shape index (κ2) is 4.13. The topological polar surface area (TPSA) is 27.1 Å². The van der Waals surface area contributed by atoms with E-state index >= 15 is 0 Å². The molecule has 1 heterocycles. The molecule has 1 aromatic heterocycles. The Bertz CT molecular complexity index is 482. The predicted molar refractivity (Wildman–Crippen MR) is 58.6 cm³/mol. The first-order chi connectivity index (χ1) is 7.16. The maximum atomic E-state index is 5.94. The standard InChI is InChI=1S/C10H7Cl2N2O/c1-14-10(4-5-13-14)15-9-6-7(11)2-3-8(9)12/h2-4,6H,1H3. The predicted octanol–water partition coefficient (Wildman–Crippen LogP) is 3.32. The Morgan fingerprint density at radius 1 is 1.40 bits per heavy atom. The van der Waals surface area contributed by atoms with Crippen LogP contribution in [0.4, 0.5) is 0 Å². The summed E-state index contributed by atoms with van der Waals surface area (Å²) in [7, 11) is 1.75. The van der Waals surface area contributed by atoms with Gasteiger partial charge in [-0.3, -0.25) is 0 Å². The zero-order valence-electron chi connectivity index (χ0n) is 7.87. The van der Waals surface area contributed by atoms with Gasteiger partial charge in [-0.25, -0.2) is 4.68 Å². The third-order valence-corrected chi connectivity index (χ3v) is 2.37. The van der Waals surface area contributed by atoms with E-state index in [0.29, 0.717) is 21.7 Å². The average Bonchev–Trinajstić information content (AvgIpc) is 2.58. The molecule has 1 aromatic carbocycles. The van der Waals surface area contributed by atoms with Crippen molar-refractivity contribution in [3.8, 4) is 11.6 Å². The van der Waals surface area contributed by atoms with E-state index in [4.69, 9.17) is 27.9 Å². The number of ether oxygens (including phenoxy) is 1. The number of nitrogens with zero attached hydrogens (tertiary/aromatic N) is 2. The van der Waals surface area contributed by atoms with Crippen LogP contribution < -0.4 is 4.74 Å².